The van der Waals surface area contributed by atoms with Crippen LogP contribution in [-0.4, -0.2) is 24.6 Å². The van der Waals surface area contributed by atoms with Crippen molar-refractivity contribution in [2.24, 2.45) is 4.99 Å². The van der Waals surface area contributed by atoms with E-state index in [2.05, 4.69) is 16.7 Å². The number of hydrogen-bond acceptors (Lipinski definition) is 4. The average Bonchev–Trinajstić information content (AvgIpc) is 2.67. The molecule has 0 unspecified atom stereocenters. The van der Waals surface area contributed by atoms with Crippen molar-refractivity contribution in [1.29, 1.82) is 5.26 Å². The molecule has 2 aromatic carbocycles. The molecule has 2 aliphatic rings. The number of aliphatic imine (C=N–C) groups is 1. The Labute approximate surface area is 157 Å². The molecule has 6 heteroatoms. The highest BCUT2D eigenvalue weighted by molar-refractivity contribution is 6.30. The van der Waals surface area contributed by atoms with Gasteiger partial charge in [0.25, 0.3) is 0 Å². The van der Waals surface area contributed by atoms with Gasteiger partial charge in [-0.3, -0.25) is 4.99 Å². The summed E-state index contributed by atoms with van der Waals surface area (Å²) in [6, 6.07) is 15.7. The van der Waals surface area contributed by atoms with Gasteiger partial charge in [0.15, 0.2) is 0 Å². The number of nitrogens with one attached hydrogen (secondary N) is 2. The number of hydrogen-bond donors (Lipinski definition) is 2. The van der Waals surface area contributed by atoms with E-state index < -0.39 is 0 Å². The first-order valence-corrected chi connectivity index (χ1v) is 9.03. The largest absolute Gasteiger partial charge is 0.381 e. The highest BCUT2D eigenvalue weighted by Gasteiger charge is 2.42. The normalized spacial score (nSPS) is 19.3. The maximum atomic E-state index is 9.44. The third-order valence-electron chi connectivity index (χ3n) is 4.91. The molecule has 0 radical (unpaired) electrons. The molecule has 0 aromatic heterocycles. The molecule has 0 saturated carbocycles. The number of ether oxygens (including phenoxy) is 1. The number of nitriles is 1. The predicted molar refractivity (Wildman–Crippen MR) is 104 cm³/mol. The first kappa shape index (κ1) is 16.9. The van der Waals surface area contributed by atoms with Gasteiger partial charge < -0.3 is 15.4 Å². The minimum absolute atomic E-state index is 0.337. The molecule has 1 fully saturated rings. The molecule has 0 atom stereocenters. The van der Waals surface area contributed by atoms with Gasteiger partial charge in [-0.1, -0.05) is 29.8 Å². The lowest BCUT2D eigenvalue weighted by Gasteiger charge is -2.44. The molecule has 0 amide bonds. The number of nitrogens with zero attached hydrogens (tertiary/aromatic N) is 2. The molecule has 4 rings (SSSR count). The average molecular weight is 367 g/mol. The van der Waals surface area contributed by atoms with Gasteiger partial charge in [-0.15, -0.1) is 0 Å². The minimum atomic E-state index is -0.337. The van der Waals surface area contributed by atoms with Gasteiger partial charge in [-0.05, 0) is 29.8 Å². The Morgan fingerprint density at radius 1 is 1.19 bits per heavy atom. The van der Waals surface area contributed by atoms with Crippen molar-refractivity contribution in [3.8, 4) is 6.07 Å². The first-order chi connectivity index (χ1) is 12.7. The van der Waals surface area contributed by atoms with Crippen molar-refractivity contribution in [3.05, 3.63) is 58.6 Å². The highest BCUT2D eigenvalue weighted by Crippen LogP contribution is 2.38. The summed E-state index contributed by atoms with van der Waals surface area (Å²) in [5.41, 5.74) is 3.08. The number of fused-ring (bicyclic) bond motifs is 1. The second-order valence-corrected chi connectivity index (χ2v) is 7.02. The Balaban J connectivity index is 1.71. The van der Waals surface area contributed by atoms with Gasteiger partial charge in [0.1, 0.15) is 11.9 Å². The SMILES string of the molecule is N#Cc1cccc2c1NC1(CCOCC1)C(=NCc1cccc(Cl)c1)N2. The van der Waals surface area contributed by atoms with Crippen LogP contribution >= 0.6 is 11.6 Å². The van der Waals surface area contributed by atoms with Gasteiger partial charge in [0, 0.05) is 31.1 Å². The van der Waals surface area contributed by atoms with E-state index in [1.165, 1.54) is 0 Å². The smallest absolute Gasteiger partial charge is 0.127 e. The molecule has 2 aliphatic heterocycles. The fourth-order valence-corrected chi connectivity index (χ4v) is 3.72. The van der Waals surface area contributed by atoms with E-state index in [0.29, 0.717) is 30.3 Å². The van der Waals surface area contributed by atoms with Gasteiger partial charge in [0.2, 0.25) is 0 Å². The Hall–Kier alpha value is -2.55. The molecule has 132 valence electrons. The molecule has 2 N–H and O–H groups in total. The third-order valence-corrected chi connectivity index (χ3v) is 5.15. The van der Waals surface area contributed by atoms with Crippen molar-refractivity contribution in [2.45, 2.75) is 24.9 Å². The summed E-state index contributed by atoms with van der Waals surface area (Å²) in [6.07, 6.45) is 1.60. The Kier molecular flexibility index (Phi) is 4.54. The topological polar surface area (TPSA) is 69.4 Å². The molecule has 0 aliphatic carbocycles. The second-order valence-electron chi connectivity index (χ2n) is 6.58. The number of halogens is 1. The number of amidine groups is 1. The van der Waals surface area contributed by atoms with E-state index in [4.69, 9.17) is 21.3 Å². The number of rotatable bonds is 2. The second kappa shape index (κ2) is 6.99. The first-order valence-electron chi connectivity index (χ1n) is 8.66. The maximum absolute atomic E-state index is 9.44. The van der Waals surface area contributed by atoms with Crippen molar-refractivity contribution >= 4 is 28.8 Å². The zero-order valence-corrected chi connectivity index (χ0v) is 15.0. The minimum Gasteiger partial charge on any atom is -0.381 e. The molecule has 5 nitrogen and oxygen atoms in total. The summed E-state index contributed by atoms with van der Waals surface area (Å²) in [7, 11) is 0. The predicted octanol–water partition coefficient (Wildman–Crippen LogP) is 4.20. The standard InChI is InChI=1S/C20H19ClN4O/c21-16-5-1-3-14(11-16)13-23-19-20(7-9-26-10-8-20)25-18-15(12-22)4-2-6-17(18)24-19/h1-6,11,25H,7-10,13H2,(H,23,24). The summed E-state index contributed by atoms with van der Waals surface area (Å²) in [5.74, 6) is 0.892. The number of benzene rings is 2. The maximum Gasteiger partial charge on any atom is 0.127 e. The van der Waals surface area contributed by atoms with Crippen molar-refractivity contribution < 1.29 is 4.74 Å². The van der Waals surface area contributed by atoms with E-state index >= 15 is 0 Å². The van der Waals surface area contributed by atoms with Gasteiger partial charge in [-0.2, -0.15) is 5.26 Å². The molecular weight excluding hydrogens is 348 g/mol. The quantitative estimate of drug-likeness (QED) is 0.835. The van der Waals surface area contributed by atoms with E-state index in [1.54, 1.807) is 0 Å². The summed E-state index contributed by atoms with van der Waals surface area (Å²) in [4.78, 5) is 4.87. The Morgan fingerprint density at radius 2 is 2.00 bits per heavy atom. The summed E-state index contributed by atoms with van der Waals surface area (Å²) < 4.78 is 5.56. The van der Waals surface area contributed by atoms with Gasteiger partial charge >= 0.3 is 0 Å². The zero-order chi connectivity index (χ0) is 18.0. The number of para-hydroxylation sites is 1. The van der Waals surface area contributed by atoms with Crippen molar-refractivity contribution in [1.82, 2.24) is 0 Å². The van der Waals surface area contributed by atoms with Crippen LogP contribution in [0.4, 0.5) is 11.4 Å². The lowest BCUT2D eigenvalue weighted by molar-refractivity contribution is 0.0778. The monoisotopic (exact) mass is 366 g/mol. The molecule has 1 spiro atoms. The molecule has 2 heterocycles. The van der Waals surface area contributed by atoms with Crippen LogP contribution in [0.5, 0.6) is 0 Å². The van der Waals surface area contributed by atoms with Crippen LogP contribution in [0, 0.1) is 11.3 Å². The van der Waals surface area contributed by atoms with Crippen LogP contribution in [0.15, 0.2) is 47.5 Å². The van der Waals surface area contributed by atoms with Gasteiger partial charge in [-0.25, -0.2) is 0 Å². The Bertz CT molecular complexity index is 897. The summed E-state index contributed by atoms with van der Waals surface area (Å²) in [6.45, 7) is 1.87. The molecular formula is C20H19ClN4O. The van der Waals surface area contributed by atoms with E-state index in [0.717, 1.165) is 35.6 Å². The lowest BCUT2D eigenvalue weighted by atomic mass is 9.85. The van der Waals surface area contributed by atoms with E-state index in [9.17, 15) is 5.26 Å². The lowest BCUT2D eigenvalue weighted by Crippen LogP contribution is -2.56. The van der Waals surface area contributed by atoms with Crippen LogP contribution in [-0.2, 0) is 11.3 Å². The van der Waals surface area contributed by atoms with Crippen LogP contribution in [0.3, 0.4) is 0 Å². The van der Waals surface area contributed by atoms with Gasteiger partial charge in [0.05, 0.1) is 29.0 Å². The summed E-state index contributed by atoms with van der Waals surface area (Å²) in [5, 5.41) is 17.2. The van der Waals surface area contributed by atoms with E-state index in [-0.39, 0.29) is 5.54 Å². The van der Waals surface area contributed by atoms with Crippen molar-refractivity contribution in [2.75, 3.05) is 23.8 Å². The van der Waals surface area contributed by atoms with Crippen LogP contribution in [0.2, 0.25) is 5.02 Å². The third kappa shape index (κ3) is 3.14. The Morgan fingerprint density at radius 3 is 2.77 bits per heavy atom. The van der Waals surface area contributed by atoms with Crippen LogP contribution in [0.25, 0.3) is 0 Å². The molecule has 0 bridgehead atoms. The van der Waals surface area contributed by atoms with Crippen molar-refractivity contribution in [3.63, 3.8) is 0 Å². The number of anilines is 2. The molecule has 1 saturated heterocycles. The summed E-state index contributed by atoms with van der Waals surface area (Å²) >= 11 is 6.09. The van der Waals surface area contributed by atoms with Crippen LogP contribution < -0.4 is 10.6 Å². The van der Waals surface area contributed by atoms with E-state index in [1.807, 2.05) is 42.5 Å². The fraction of sp³-hybridized carbons (Fsp3) is 0.300. The highest BCUT2D eigenvalue weighted by atomic mass is 35.5. The molecule has 2 aromatic rings. The van der Waals surface area contributed by atoms with Crippen LogP contribution in [0.1, 0.15) is 24.0 Å². The zero-order valence-electron chi connectivity index (χ0n) is 14.3. The molecule has 26 heavy (non-hydrogen) atoms. The fourth-order valence-electron chi connectivity index (χ4n) is 3.51.